The molecule has 0 aromatic heterocycles. The van der Waals surface area contributed by atoms with E-state index in [2.05, 4.69) is 17.4 Å². The molecule has 1 atom stereocenters. The molecule has 2 aromatic carbocycles. The first-order chi connectivity index (χ1) is 11.7. The number of nitrogens with one attached hydrogen (secondary N) is 1. The minimum Gasteiger partial charge on any atom is -0.494 e. The third kappa shape index (κ3) is 4.61. The summed E-state index contributed by atoms with van der Waals surface area (Å²) in [6, 6.07) is 18.1. The van der Waals surface area contributed by atoms with Crippen LogP contribution in [0.4, 0.5) is 4.79 Å². The molecule has 1 unspecified atom stereocenters. The highest BCUT2D eigenvalue weighted by atomic mass is 32.2. The molecule has 1 N–H and O–H groups in total. The van der Waals surface area contributed by atoms with Crippen LogP contribution >= 0.6 is 11.8 Å². The highest BCUT2D eigenvalue weighted by Crippen LogP contribution is 2.23. The smallest absolute Gasteiger partial charge is 0.286 e. The zero-order valence-corrected chi connectivity index (χ0v) is 14.1. The molecule has 24 heavy (non-hydrogen) atoms. The van der Waals surface area contributed by atoms with Gasteiger partial charge in [-0.2, -0.15) is 0 Å². The lowest BCUT2D eigenvalue weighted by Crippen LogP contribution is -2.25. The van der Waals surface area contributed by atoms with Crippen LogP contribution in [0.3, 0.4) is 0 Å². The van der Waals surface area contributed by atoms with Gasteiger partial charge in [0.05, 0.1) is 11.9 Å². The fourth-order valence-corrected chi connectivity index (χ4v) is 3.43. The number of carbonyl (C=O) groups is 2. The van der Waals surface area contributed by atoms with Crippen LogP contribution in [0.15, 0.2) is 54.6 Å². The normalized spacial score (nSPS) is 16.9. The molecule has 0 saturated carbocycles. The van der Waals surface area contributed by atoms with Crippen molar-refractivity contribution in [1.29, 1.82) is 0 Å². The molecule has 0 bridgehead atoms. The summed E-state index contributed by atoms with van der Waals surface area (Å²) in [6.45, 7) is 0.670. The van der Waals surface area contributed by atoms with Crippen molar-refractivity contribution < 1.29 is 14.3 Å². The van der Waals surface area contributed by atoms with Gasteiger partial charge in [0, 0.05) is 0 Å². The summed E-state index contributed by atoms with van der Waals surface area (Å²) in [7, 11) is 0. The lowest BCUT2D eigenvalue weighted by Gasteiger charge is -2.09. The third-order valence-electron chi connectivity index (χ3n) is 3.83. The summed E-state index contributed by atoms with van der Waals surface area (Å²) in [5.41, 5.74) is 2.34. The monoisotopic (exact) mass is 341 g/mol. The number of ether oxygens (including phenoxy) is 1. The summed E-state index contributed by atoms with van der Waals surface area (Å²) >= 11 is 1.06. The second-order valence-corrected chi connectivity index (χ2v) is 6.84. The van der Waals surface area contributed by atoms with Gasteiger partial charge >= 0.3 is 0 Å². The van der Waals surface area contributed by atoms with Gasteiger partial charge in [-0.05, 0) is 42.5 Å². The van der Waals surface area contributed by atoms with Crippen molar-refractivity contribution in [2.45, 2.75) is 24.5 Å². The standard InChI is InChI=1S/C19H19NO3S/c21-18-17(24-19(22)20-18)13-15-8-10-16(11-9-15)23-12-4-7-14-5-2-1-3-6-14/h1-3,5-6,8-11,17H,4,7,12-13H2,(H,20,21,22). The minimum atomic E-state index is -0.324. The Kier molecular flexibility index (Phi) is 5.54. The van der Waals surface area contributed by atoms with Crippen LogP contribution in [0, 0.1) is 0 Å². The number of benzene rings is 2. The van der Waals surface area contributed by atoms with Gasteiger partial charge in [0.25, 0.3) is 5.24 Å². The number of rotatable bonds is 7. The molecule has 4 nitrogen and oxygen atoms in total. The summed E-state index contributed by atoms with van der Waals surface area (Å²) in [5.74, 6) is 0.623. The van der Waals surface area contributed by atoms with E-state index in [-0.39, 0.29) is 16.4 Å². The first kappa shape index (κ1) is 16.6. The predicted molar refractivity (Wildman–Crippen MR) is 95.3 cm³/mol. The molecule has 0 radical (unpaired) electrons. The Balaban J connectivity index is 1.43. The van der Waals surface area contributed by atoms with E-state index < -0.39 is 0 Å². The third-order valence-corrected chi connectivity index (χ3v) is 4.81. The van der Waals surface area contributed by atoms with E-state index in [9.17, 15) is 9.59 Å². The fourth-order valence-electron chi connectivity index (χ4n) is 2.57. The van der Waals surface area contributed by atoms with Crippen molar-refractivity contribution in [3.8, 4) is 5.75 Å². The first-order valence-electron chi connectivity index (χ1n) is 7.98. The Morgan fingerprint density at radius 1 is 0.958 bits per heavy atom. The number of carbonyl (C=O) groups excluding carboxylic acids is 2. The molecule has 3 rings (SSSR count). The van der Waals surface area contributed by atoms with Gasteiger partial charge < -0.3 is 4.74 Å². The van der Waals surface area contributed by atoms with E-state index in [1.54, 1.807) is 0 Å². The number of hydrogen-bond donors (Lipinski definition) is 1. The molecule has 2 aromatic rings. The minimum absolute atomic E-state index is 0.203. The number of hydrogen-bond acceptors (Lipinski definition) is 4. The topological polar surface area (TPSA) is 55.4 Å². The quantitative estimate of drug-likeness (QED) is 0.782. The van der Waals surface area contributed by atoms with Gasteiger partial charge in [0.2, 0.25) is 5.91 Å². The molecule has 2 amide bonds. The van der Waals surface area contributed by atoms with E-state index in [0.717, 1.165) is 35.9 Å². The Bertz CT molecular complexity index is 700. The molecule has 1 aliphatic rings. The summed E-state index contributed by atoms with van der Waals surface area (Å²) < 4.78 is 5.75. The number of amides is 2. The Morgan fingerprint density at radius 3 is 2.38 bits per heavy atom. The highest BCUT2D eigenvalue weighted by Gasteiger charge is 2.31. The molecule has 0 spiro atoms. The molecular weight excluding hydrogens is 322 g/mol. The van der Waals surface area contributed by atoms with E-state index in [4.69, 9.17) is 4.74 Å². The van der Waals surface area contributed by atoms with Crippen molar-refractivity contribution in [3.05, 3.63) is 65.7 Å². The van der Waals surface area contributed by atoms with Crippen LogP contribution in [0.1, 0.15) is 17.5 Å². The SMILES string of the molecule is O=C1NC(=O)C(Cc2ccc(OCCCc3ccccc3)cc2)S1. The summed E-state index contributed by atoms with van der Waals surface area (Å²) in [5, 5.41) is 1.72. The van der Waals surface area contributed by atoms with Crippen LogP contribution in [-0.2, 0) is 17.6 Å². The highest BCUT2D eigenvalue weighted by molar-refractivity contribution is 8.15. The number of thioether (sulfide) groups is 1. The molecule has 1 aliphatic heterocycles. The van der Waals surface area contributed by atoms with Gasteiger partial charge in [-0.1, -0.05) is 54.2 Å². The maximum atomic E-state index is 11.6. The van der Waals surface area contributed by atoms with Crippen molar-refractivity contribution in [3.63, 3.8) is 0 Å². The largest absolute Gasteiger partial charge is 0.494 e. The molecule has 1 saturated heterocycles. The second kappa shape index (κ2) is 8.02. The van der Waals surface area contributed by atoms with Gasteiger partial charge in [-0.25, -0.2) is 0 Å². The van der Waals surface area contributed by atoms with E-state index in [0.29, 0.717) is 13.0 Å². The average Bonchev–Trinajstić information content (AvgIpc) is 2.91. The van der Waals surface area contributed by atoms with Crippen molar-refractivity contribution in [2.24, 2.45) is 0 Å². The van der Waals surface area contributed by atoms with Crippen LogP contribution in [0.5, 0.6) is 5.75 Å². The zero-order valence-electron chi connectivity index (χ0n) is 13.2. The van der Waals surface area contributed by atoms with Crippen LogP contribution in [0.25, 0.3) is 0 Å². The van der Waals surface area contributed by atoms with Crippen LogP contribution in [0.2, 0.25) is 0 Å². The van der Waals surface area contributed by atoms with Gasteiger partial charge in [0.1, 0.15) is 5.75 Å². The fraction of sp³-hybridized carbons (Fsp3) is 0.263. The number of aryl methyl sites for hydroxylation is 1. The predicted octanol–water partition coefficient (Wildman–Crippen LogP) is 3.59. The van der Waals surface area contributed by atoms with Crippen molar-refractivity contribution >= 4 is 22.9 Å². The molecular formula is C19H19NO3S. The lowest BCUT2D eigenvalue weighted by atomic mass is 10.1. The summed E-state index contributed by atoms with van der Waals surface area (Å²) in [4.78, 5) is 22.7. The summed E-state index contributed by atoms with van der Waals surface area (Å²) in [6.07, 6.45) is 2.52. The molecule has 5 heteroatoms. The van der Waals surface area contributed by atoms with Crippen molar-refractivity contribution in [1.82, 2.24) is 5.32 Å². The van der Waals surface area contributed by atoms with Gasteiger partial charge in [-0.15, -0.1) is 0 Å². The van der Waals surface area contributed by atoms with Crippen molar-refractivity contribution in [2.75, 3.05) is 6.61 Å². The number of imide groups is 1. The average molecular weight is 341 g/mol. The van der Waals surface area contributed by atoms with Gasteiger partial charge in [-0.3, -0.25) is 14.9 Å². The van der Waals surface area contributed by atoms with E-state index in [1.807, 2.05) is 42.5 Å². The molecule has 124 valence electrons. The van der Waals surface area contributed by atoms with E-state index >= 15 is 0 Å². The maximum Gasteiger partial charge on any atom is 0.286 e. The van der Waals surface area contributed by atoms with Crippen LogP contribution in [-0.4, -0.2) is 23.0 Å². The molecule has 0 aliphatic carbocycles. The maximum absolute atomic E-state index is 11.6. The zero-order chi connectivity index (χ0) is 16.8. The van der Waals surface area contributed by atoms with E-state index in [1.165, 1.54) is 5.56 Å². The van der Waals surface area contributed by atoms with Crippen LogP contribution < -0.4 is 10.1 Å². The Hall–Kier alpha value is -2.27. The Labute approximate surface area is 145 Å². The molecule has 1 fully saturated rings. The first-order valence-corrected chi connectivity index (χ1v) is 8.86. The Morgan fingerprint density at radius 2 is 1.71 bits per heavy atom. The lowest BCUT2D eigenvalue weighted by molar-refractivity contribution is -0.118. The molecule has 1 heterocycles. The second-order valence-electron chi connectivity index (χ2n) is 5.67. The van der Waals surface area contributed by atoms with Gasteiger partial charge in [0.15, 0.2) is 0 Å².